The molecule has 1 heterocycles. The first-order valence-corrected chi connectivity index (χ1v) is 7.31. The van der Waals surface area contributed by atoms with Crippen LogP contribution >= 0.6 is 0 Å². The smallest absolute Gasteiger partial charge is 0.416 e. The maximum absolute atomic E-state index is 13.4. The van der Waals surface area contributed by atoms with Crippen LogP contribution in [0.15, 0.2) is 24.3 Å². The van der Waals surface area contributed by atoms with Crippen molar-refractivity contribution in [3.8, 4) is 0 Å². The summed E-state index contributed by atoms with van der Waals surface area (Å²) in [6, 6.07) is 0.826. The molecule has 4 nitrogen and oxygen atoms in total. The van der Waals surface area contributed by atoms with Crippen LogP contribution in [0.5, 0.6) is 0 Å². The fourth-order valence-corrected chi connectivity index (χ4v) is 2.90. The van der Waals surface area contributed by atoms with Crippen molar-refractivity contribution >= 4 is 6.09 Å². The number of halogens is 6. The molecule has 140 valence electrons. The van der Waals surface area contributed by atoms with Crippen molar-refractivity contribution < 1.29 is 36.2 Å². The number of nitrogens with zero attached hydrogens (tertiary/aromatic N) is 2. The van der Waals surface area contributed by atoms with Crippen LogP contribution in [-0.4, -0.2) is 53.9 Å². The van der Waals surface area contributed by atoms with E-state index in [1.165, 1.54) is 7.05 Å². The van der Waals surface area contributed by atoms with Crippen LogP contribution in [0.4, 0.5) is 31.1 Å². The fourth-order valence-electron chi connectivity index (χ4n) is 2.90. The molecule has 1 saturated heterocycles. The lowest BCUT2D eigenvalue weighted by atomic mass is 9.97. The Morgan fingerprint density at radius 3 is 2.12 bits per heavy atom. The first kappa shape index (κ1) is 19.4. The third-order valence-electron chi connectivity index (χ3n) is 4.08. The number of carbonyl (C=O) groups is 1. The summed E-state index contributed by atoms with van der Waals surface area (Å²) in [4.78, 5) is 12.8. The topological polar surface area (TPSA) is 43.8 Å². The molecule has 0 spiro atoms. The number of likely N-dealkylation sites (tertiary alicyclic amines) is 1. The standard InChI is InChI=1S/C15H16F6N2O2/c1-22(6-9-7-23(8-9)13(24)25)12(15(19,20)21)10-2-4-11(5-3-10)14(16,17)18/h2-5,9,12H,6-8H2,1H3,(H,24,25). The molecule has 1 aliphatic rings. The van der Waals surface area contributed by atoms with E-state index < -0.39 is 30.1 Å². The Kier molecular flexibility index (Phi) is 5.22. The summed E-state index contributed by atoms with van der Waals surface area (Å²) in [5, 5.41) is 8.73. The Bertz CT molecular complexity index is 608. The Morgan fingerprint density at radius 1 is 1.20 bits per heavy atom. The van der Waals surface area contributed by atoms with Crippen molar-refractivity contribution in [3.63, 3.8) is 0 Å². The largest absolute Gasteiger partial charge is 0.465 e. The molecule has 1 N–H and O–H groups in total. The van der Waals surface area contributed by atoms with Crippen LogP contribution in [0.1, 0.15) is 17.2 Å². The third kappa shape index (κ3) is 4.56. The molecular formula is C15H16F6N2O2. The van der Waals surface area contributed by atoms with E-state index in [-0.39, 0.29) is 31.1 Å². The summed E-state index contributed by atoms with van der Waals surface area (Å²) in [6.07, 6.45) is -10.4. The minimum absolute atomic E-state index is 0.0189. The van der Waals surface area contributed by atoms with Gasteiger partial charge in [-0.2, -0.15) is 26.3 Å². The lowest BCUT2D eigenvalue weighted by molar-refractivity contribution is -0.185. The van der Waals surface area contributed by atoms with Crippen LogP contribution in [-0.2, 0) is 6.18 Å². The highest BCUT2D eigenvalue weighted by Crippen LogP contribution is 2.39. The number of rotatable bonds is 4. The maximum Gasteiger partial charge on any atom is 0.416 e. The molecule has 1 amide bonds. The van der Waals surface area contributed by atoms with Gasteiger partial charge >= 0.3 is 18.4 Å². The minimum atomic E-state index is -4.68. The average molecular weight is 370 g/mol. The van der Waals surface area contributed by atoms with Gasteiger partial charge in [-0.15, -0.1) is 0 Å². The average Bonchev–Trinajstić information content (AvgIpc) is 2.40. The highest BCUT2D eigenvalue weighted by atomic mass is 19.4. The summed E-state index contributed by atoms with van der Waals surface area (Å²) in [5.74, 6) is -0.250. The molecule has 1 unspecified atom stereocenters. The number of alkyl halides is 6. The van der Waals surface area contributed by atoms with Crippen molar-refractivity contribution in [1.82, 2.24) is 9.80 Å². The van der Waals surface area contributed by atoms with Gasteiger partial charge in [-0.3, -0.25) is 4.90 Å². The van der Waals surface area contributed by atoms with E-state index in [9.17, 15) is 31.1 Å². The Hall–Kier alpha value is -1.97. The van der Waals surface area contributed by atoms with Gasteiger partial charge < -0.3 is 10.0 Å². The first-order valence-electron chi connectivity index (χ1n) is 7.31. The molecule has 0 bridgehead atoms. The maximum atomic E-state index is 13.4. The minimum Gasteiger partial charge on any atom is -0.465 e. The first-order chi connectivity index (χ1) is 11.4. The van der Waals surface area contributed by atoms with Gasteiger partial charge in [-0.1, -0.05) is 12.1 Å². The number of hydrogen-bond donors (Lipinski definition) is 1. The number of carboxylic acid groups (broad SMARTS) is 1. The van der Waals surface area contributed by atoms with Gasteiger partial charge in [-0.25, -0.2) is 4.79 Å². The number of hydrogen-bond acceptors (Lipinski definition) is 2. The summed E-state index contributed by atoms with van der Waals surface area (Å²) in [5.41, 5.74) is -1.31. The summed E-state index contributed by atoms with van der Waals surface area (Å²) in [6.45, 7) is 0.253. The molecule has 10 heteroatoms. The molecule has 0 radical (unpaired) electrons. The van der Waals surface area contributed by atoms with Crippen molar-refractivity contribution in [3.05, 3.63) is 35.4 Å². The molecule has 1 aromatic carbocycles. The molecule has 2 rings (SSSR count). The zero-order chi connectivity index (χ0) is 19.0. The van der Waals surface area contributed by atoms with Gasteiger partial charge in [0.05, 0.1) is 5.56 Å². The Morgan fingerprint density at radius 2 is 1.72 bits per heavy atom. The van der Waals surface area contributed by atoms with E-state index in [0.717, 1.165) is 21.9 Å². The van der Waals surface area contributed by atoms with Gasteiger partial charge in [0.15, 0.2) is 0 Å². The summed E-state index contributed by atoms with van der Waals surface area (Å²) >= 11 is 0. The van der Waals surface area contributed by atoms with Crippen LogP contribution in [0.3, 0.4) is 0 Å². The Balaban J connectivity index is 2.12. The SMILES string of the molecule is CN(CC1CN(C(=O)O)C1)C(c1ccc(C(F)(F)F)cc1)C(F)(F)F. The quantitative estimate of drug-likeness (QED) is 0.819. The van der Waals surface area contributed by atoms with E-state index in [0.29, 0.717) is 12.1 Å². The van der Waals surface area contributed by atoms with Gasteiger partial charge in [0, 0.05) is 25.6 Å². The summed E-state index contributed by atoms with van der Waals surface area (Å²) in [7, 11) is 1.22. The fraction of sp³-hybridized carbons (Fsp3) is 0.533. The molecule has 25 heavy (non-hydrogen) atoms. The van der Waals surface area contributed by atoms with Gasteiger partial charge in [-0.05, 0) is 24.7 Å². The van der Waals surface area contributed by atoms with E-state index in [4.69, 9.17) is 5.11 Å². The molecule has 0 aliphatic carbocycles. The van der Waals surface area contributed by atoms with E-state index in [2.05, 4.69) is 0 Å². The van der Waals surface area contributed by atoms with Crippen LogP contribution in [0.25, 0.3) is 0 Å². The molecule has 0 saturated carbocycles. The molecule has 1 aromatic rings. The molecule has 1 atom stereocenters. The zero-order valence-corrected chi connectivity index (χ0v) is 13.1. The van der Waals surface area contributed by atoms with Gasteiger partial charge in [0.1, 0.15) is 6.04 Å². The second kappa shape index (κ2) is 6.74. The summed E-state index contributed by atoms with van der Waals surface area (Å²) < 4.78 is 77.9. The third-order valence-corrected chi connectivity index (χ3v) is 4.08. The van der Waals surface area contributed by atoms with Crippen LogP contribution in [0, 0.1) is 5.92 Å². The van der Waals surface area contributed by atoms with Gasteiger partial charge in [0.25, 0.3) is 0 Å². The monoisotopic (exact) mass is 370 g/mol. The molecule has 1 aliphatic heterocycles. The number of benzene rings is 1. The van der Waals surface area contributed by atoms with Crippen molar-refractivity contribution in [1.29, 1.82) is 0 Å². The molecule has 0 aromatic heterocycles. The van der Waals surface area contributed by atoms with E-state index >= 15 is 0 Å². The van der Waals surface area contributed by atoms with Crippen molar-refractivity contribution in [2.75, 3.05) is 26.7 Å². The molecule has 1 fully saturated rings. The van der Waals surface area contributed by atoms with Gasteiger partial charge in [0.2, 0.25) is 0 Å². The van der Waals surface area contributed by atoms with Crippen LogP contribution < -0.4 is 0 Å². The predicted molar refractivity (Wildman–Crippen MR) is 76.0 cm³/mol. The predicted octanol–water partition coefficient (Wildman–Crippen LogP) is 3.85. The second-order valence-electron chi connectivity index (χ2n) is 6.06. The lowest BCUT2D eigenvalue weighted by Gasteiger charge is -2.41. The Labute approximate surface area is 139 Å². The van der Waals surface area contributed by atoms with E-state index in [1.54, 1.807) is 0 Å². The normalized spacial score (nSPS) is 17.5. The molecular weight excluding hydrogens is 354 g/mol. The number of amides is 1. The van der Waals surface area contributed by atoms with Crippen molar-refractivity contribution in [2.24, 2.45) is 5.92 Å². The van der Waals surface area contributed by atoms with Crippen molar-refractivity contribution in [2.45, 2.75) is 18.4 Å². The van der Waals surface area contributed by atoms with Crippen LogP contribution in [0.2, 0.25) is 0 Å². The highest BCUT2D eigenvalue weighted by molar-refractivity contribution is 5.66. The second-order valence-corrected chi connectivity index (χ2v) is 6.06. The lowest BCUT2D eigenvalue weighted by Crippen LogP contribution is -2.54. The highest BCUT2D eigenvalue weighted by Gasteiger charge is 2.45. The van der Waals surface area contributed by atoms with E-state index in [1.807, 2.05) is 0 Å². The zero-order valence-electron chi connectivity index (χ0n) is 13.1.